The SMILES string of the molecule is [CH2]C1CCCC(c2ccc(N)cc2)C1. The van der Waals surface area contributed by atoms with Crippen molar-refractivity contribution in [2.24, 2.45) is 5.92 Å². The van der Waals surface area contributed by atoms with Crippen LogP contribution in [0.25, 0.3) is 0 Å². The highest BCUT2D eigenvalue weighted by Gasteiger charge is 2.19. The van der Waals surface area contributed by atoms with Crippen molar-refractivity contribution in [3.63, 3.8) is 0 Å². The molecule has 2 unspecified atom stereocenters. The molecule has 0 heterocycles. The Kier molecular flexibility index (Phi) is 2.76. The van der Waals surface area contributed by atoms with Gasteiger partial charge in [-0.25, -0.2) is 0 Å². The van der Waals surface area contributed by atoms with Crippen LogP contribution >= 0.6 is 0 Å². The zero-order chi connectivity index (χ0) is 9.97. The first-order chi connectivity index (χ1) is 6.75. The molecule has 1 fully saturated rings. The van der Waals surface area contributed by atoms with E-state index in [2.05, 4.69) is 19.1 Å². The van der Waals surface area contributed by atoms with Gasteiger partial charge in [-0.05, 0) is 42.4 Å². The first-order valence-corrected chi connectivity index (χ1v) is 5.44. The van der Waals surface area contributed by atoms with E-state index in [1.54, 1.807) is 0 Å². The molecule has 0 saturated heterocycles. The lowest BCUT2D eigenvalue weighted by Crippen LogP contribution is -2.11. The topological polar surface area (TPSA) is 26.0 Å². The fourth-order valence-electron chi connectivity index (χ4n) is 2.36. The Morgan fingerprint density at radius 3 is 2.50 bits per heavy atom. The van der Waals surface area contributed by atoms with E-state index in [0.29, 0.717) is 11.8 Å². The van der Waals surface area contributed by atoms with Crippen LogP contribution in [0, 0.1) is 12.8 Å². The van der Waals surface area contributed by atoms with Crippen molar-refractivity contribution < 1.29 is 0 Å². The summed E-state index contributed by atoms with van der Waals surface area (Å²) >= 11 is 0. The summed E-state index contributed by atoms with van der Waals surface area (Å²) in [4.78, 5) is 0. The Morgan fingerprint density at radius 1 is 1.14 bits per heavy atom. The second-order valence-electron chi connectivity index (χ2n) is 4.40. The van der Waals surface area contributed by atoms with E-state index in [-0.39, 0.29) is 0 Å². The van der Waals surface area contributed by atoms with Gasteiger partial charge in [-0.15, -0.1) is 0 Å². The molecule has 2 rings (SSSR count). The normalized spacial score (nSPS) is 27.5. The van der Waals surface area contributed by atoms with Crippen LogP contribution in [0.2, 0.25) is 0 Å². The molecule has 0 spiro atoms. The van der Waals surface area contributed by atoms with Gasteiger partial charge in [0, 0.05) is 5.69 Å². The van der Waals surface area contributed by atoms with Crippen molar-refractivity contribution in [2.45, 2.75) is 31.6 Å². The number of anilines is 1. The van der Waals surface area contributed by atoms with Gasteiger partial charge < -0.3 is 5.73 Å². The average Bonchev–Trinajstić information content (AvgIpc) is 2.19. The summed E-state index contributed by atoms with van der Waals surface area (Å²) in [5.74, 6) is 1.36. The summed E-state index contributed by atoms with van der Waals surface area (Å²) in [6, 6.07) is 8.33. The molecule has 1 saturated carbocycles. The van der Waals surface area contributed by atoms with Gasteiger partial charge in [0.05, 0.1) is 0 Å². The smallest absolute Gasteiger partial charge is 0.0314 e. The van der Waals surface area contributed by atoms with Crippen LogP contribution in [0.15, 0.2) is 24.3 Å². The van der Waals surface area contributed by atoms with Crippen molar-refractivity contribution >= 4 is 5.69 Å². The van der Waals surface area contributed by atoms with Gasteiger partial charge in [-0.1, -0.05) is 31.9 Å². The number of hydrogen-bond acceptors (Lipinski definition) is 1. The summed E-state index contributed by atoms with van der Waals surface area (Å²) < 4.78 is 0. The van der Waals surface area contributed by atoms with E-state index in [1.165, 1.54) is 31.2 Å². The molecule has 0 aliphatic heterocycles. The molecule has 2 N–H and O–H groups in total. The third-order valence-corrected chi connectivity index (χ3v) is 3.19. The molecule has 1 heteroatoms. The zero-order valence-electron chi connectivity index (χ0n) is 8.58. The molecule has 1 radical (unpaired) electrons. The predicted molar refractivity (Wildman–Crippen MR) is 60.9 cm³/mol. The molecule has 0 amide bonds. The highest BCUT2D eigenvalue weighted by Crippen LogP contribution is 2.35. The highest BCUT2D eigenvalue weighted by molar-refractivity contribution is 5.40. The van der Waals surface area contributed by atoms with Crippen molar-refractivity contribution in [3.8, 4) is 0 Å². The molecule has 0 bridgehead atoms. The Labute approximate surface area is 86.3 Å². The van der Waals surface area contributed by atoms with Gasteiger partial charge in [0.25, 0.3) is 0 Å². The molecule has 2 atom stereocenters. The Balaban J connectivity index is 2.10. The summed E-state index contributed by atoms with van der Waals surface area (Å²) in [5.41, 5.74) is 7.97. The fourth-order valence-corrected chi connectivity index (χ4v) is 2.36. The van der Waals surface area contributed by atoms with E-state index in [4.69, 9.17) is 5.73 Å². The molecule has 1 aliphatic carbocycles. The fraction of sp³-hybridized carbons (Fsp3) is 0.462. The van der Waals surface area contributed by atoms with Crippen molar-refractivity contribution in [3.05, 3.63) is 36.8 Å². The lowest BCUT2D eigenvalue weighted by molar-refractivity contribution is 0.370. The number of hydrogen-bond donors (Lipinski definition) is 1. The minimum Gasteiger partial charge on any atom is -0.399 e. The van der Waals surface area contributed by atoms with E-state index >= 15 is 0 Å². The largest absolute Gasteiger partial charge is 0.399 e. The number of benzene rings is 1. The molecular formula is C13H18N. The standard InChI is InChI=1S/C13H18N/c1-10-3-2-4-12(9-10)11-5-7-13(14)8-6-11/h5-8,10,12H,1-4,9,14H2. The number of rotatable bonds is 1. The van der Waals surface area contributed by atoms with Crippen LogP contribution in [-0.4, -0.2) is 0 Å². The molecule has 1 aromatic carbocycles. The summed E-state index contributed by atoms with van der Waals surface area (Å²) in [7, 11) is 0. The van der Waals surface area contributed by atoms with Crippen LogP contribution in [0.4, 0.5) is 5.69 Å². The van der Waals surface area contributed by atoms with Crippen LogP contribution < -0.4 is 5.73 Å². The molecular weight excluding hydrogens is 170 g/mol. The van der Waals surface area contributed by atoms with E-state index < -0.39 is 0 Å². The third kappa shape index (κ3) is 2.09. The molecule has 1 aromatic rings. The Bertz CT molecular complexity index is 289. The average molecular weight is 188 g/mol. The number of nitrogens with two attached hydrogens (primary N) is 1. The minimum atomic E-state index is 0.645. The molecule has 0 aromatic heterocycles. The first kappa shape index (κ1) is 9.57. The molecule has 1 aliphatic rings. The predicted octanol–water partition coefficient (Wildman–Crippen LogP) is 3.38. The third-order valence-electron chi connectivity index (χ3n) is 3.19. The first-order valence-electron chi connectivity index (χ1n) is 5.44. The van der Waals surface area contributed by atoms with Gasteiger partial charge in [-0.3, -0.25) is 0 Å². The van der Waals surface area contributed by atoms with Gasteiger partial charge in [-0.2, -0.15) is 0 Å². The van der Waals surface area contributed by atoms with Crippen molar-refractivity contribution in [1.82, 2.24) is 0 Å². The van der Waals surface area contributed by atoms with Crippen molar-refractivity contribution in [2.75, 3.05) is 5.73 Å². The second-order valence-corrected chi connectivity index (χ2v) is 4.40. The maximum atomic E-state index is 5.67. The van der Waals surface area contributed by atoms with Crippen LogP contribution in [0.1, 0.15) is 37.2 Å². The second kappa shape index (κ2) is 4.04. The quantitative estimate of drug-likeness (QED) is 0.672. The number of nitrogen functional groups attached to an aromatic ring is 1. The van der Waals surface area contributed by atoms with Crippen LogP contribution in [0.3, 0.4) is 0 Å². The molecule has 75 valence electrons. The lowest BCUT2D eigenvalue weighted by Gasteiger charge is -2.26. The Morgan fingerprint density at radius 2 is 1.86 bits per heavy atom. The van der Waals surface area contributed by atoms with Crippen molar-refractivity contribution in [1.29, 1.82) is 0 Å². The minimum absolute atomic E-state index is 0.645. The van der Waals surface area contributed by atoms with Crippen LogP contribution in [-0.2, 0) is 0 Å². The van der Waals surface area contributed by atoms with Gasteiger partial charge in [0.2, 0.25) is 0 Å². The summed E-state index contributed by atoms with van der Waals surface area (Å²) in [5, 5.41) is 0. The lowest BCUT2D eigenvalue weighted by atomic mass is 9.79. The van der Waals surface area contributed by atoms with Gasteiger partial charge in [0.1, 0.15) is 0 Å². The zero-order valence-corrected chi connectivity index (χ0v) is 8.58. The molecule has 1 nitrogen and oxygen atoms in total. The van der Waals surface area contributed by atoms with E-state index in [1.807, 2.05) is 12.1 Å². The van der Waals surface area contributed by atoms with Crippen LogP contribution in [0.5, 0.6) is 0 Å². The maximum absolute atomic E-state index is 5.67. The monoisotopic (exact) mass is 188 g/mol. The van der Waals surface area contributed by atoms with E-state index in [0.717, 1.165) is 5.69 Å². The van der Waals surface area contributed by atoms with E-state index in [9.17, 15) is 0 Å². The summed E-state index contributed by atoms with van der Waals surface area (Å²) in [6.45, 7) is 4.17. The maximum Gasteiger partial charge on any atom is 0.0314 e. The van der Waals surface area contributed by atoms with Gasteiger partial charge >= 0.3 is 0 Å². The highest BCUT2D eigenvalue weighted by atomic mass is 14.5. The Hall–Kier alpha value is -0.980. The van der Waals surface area contributed by atoms with Gasteiger partial charge in [0.15, 0.2) is 0 Å². The summed E-state index contributed by atoms with van der Waals surface area (Å²) in [6.07, 6.45) is 5.18. The molecule has 14 heavy (non-hydrogen) atoms.